The van der Waals surface area contributed by atoms with Crippen molar-refractivity contribution in [3.8, 4) is 11.5 Å². The molecule has 0 aromatic heterocycles. The third-order valence-electron chi connectivity index (χ3n) is 4.05. The number of methoxy groups -OCH3 is 2. The van der Waals surface area contributed by atoms with Crippen molar-refractivity contribution in [2.75, 3.05) is 20.8 Å². The van der Waals surface area contributed by atoms with Crippen LogP contribution in [-0.4, -0.2) is 20.8 Å². The molecule has 1 N–H and O–H groups in total. The van der Waals surface area contributed by atoms with Crippen LogP contribution in [0.3, 0.4) is 0 Å². The highest BCUT2D eigenvalue weighted by Crippen LogP contribution is 2.50. The number of rotatable bonds is 7. The van der Waals surface area contributed by atoms with E-state index in [1.165, 1.54) is 12.0 Å². The fourth-order valence-corrected chi connectivity index (χ4v) is 3.22. The fourth-order valence-electron chi connectivity index (χ4n) is 2.73. The molecule has 2 rings (SSSR count). The number of nitrogens with one attached hydrogen (secondary N) is 1. The summed E-state index contributed by atoms with van der Waals surface area (Å²) in [6.07, 6.45) is 2.41. The Hall–Kier alpha value is -0.740. The molecule has 0 radical (unpaired) electrons. The molecule has 1 aromatic rings. The number of hydrogen-bond donors (Lipinski definition) is 1. The van der Waals surface area contributed by atoms with E-state index in [9.17, 15) is 0 Å². The Bertz CT molecular complexity index is 464. The zero-order valence-corrected chi connectivity index (χ0v) is 14.3. The minimum atomic E-state index is 0.349. The second kappa shape index (κ2) is 6.81. The summed E-state index contributed by atoms with van der Waals surface area (Å²) < 4.78 is 11.9. The van der Waals surface area contributed by atoms with Gasteiger partial charge in [-0.2, -0.15) is 0 Å². The highest BCUT2D eigenvalue weighted by atomic mass is 79.9. The Kier molecular flexibility index (Phi) is 5.33. The first-order valence-electron chi connectivity index (χ1n) is 7.27. The smallest absolute Gasteiger partial charge is 0.133 e. The van der Waals surface area contributed by atoms with Gasteiger partial charge >= 0.3 is 0 Å². The second-order valence-corrected chi connectivity index (χ2v) is 6.39. The van der Waals surface area contributed by atoms with Gasteiger partial charge in [-0.3, -0.25) is 0 Å². The monoisotopic (exact) mass is 341 g/mol. The molecule has 0 heterocycles. The van der Waals surface area contributed by atoms with Crippen LogP contribution in [0.15, 0.2) is 16.6 Å². The van der Waals surface area contributed by atoms with Crippen molar-refractivity contribution in [1.82, 2.24) is 5.32 Å². The summed E-state index contributed by atoms with van der Waals surface area (Å²) >= 11 is 3.52. The van der Waals surface area contributed by atoms with Crippen LogP contribution in [0.4, 0.5) is 0 Å². The maximum atomic E-state index is 5.57. The molecule has 0 aliphatic heterocycles. The van der Waals surface area contributed by atoms with Crippen molar-refractivity contribution in [2.24, 2.45) is 11.8 Å². The van der Waals surface area contributed by atoms with Crippen molar-refractivity contribution in [3.05, 3.63) is 22.2 Å². The second-order valence-electron chi connectivity index (χ2n) is 5.54. The Morgan fingerprint density at radius 2 is 1.95 bits per heavy atom. The molecule has 3 atom stereocenters. The van der Waals surface area contributed by atoms with E-state index in [0.717, 1.165) is 34.9 Å². The van der Waals surface area contributed by atoms with Crippen LogP contribution in [0, 0.1) is 11.8 Å². The molecule has 1 saturated carbocycles. The van der Waals surface area contributed by atoms with Gasteiger partial charge in [0.2, 0.25) is 0 Å². The maximum absolute atomic E-state index is 5.57. The lowest BCUT2D eigenvalue weighted by Gasteiger charge is -2.22. The summed E-state index contributed by atoms with van der Waals surface area (Å²) in [6, 6.07) is 4.45. The van der Waals surface area contributed by atoms with Crippen LogP contribution < -0.4 is 14.8 Å². The van der Waals surface area contributed by atoms with E-state index in [4.69, 9.17) is 9.47 Å². The van der Waals surface area contributed by atoms with Gasteiger partial charge in [-0.25, -0.2) is 0 Å². The van der Waals surface area contributed by atoms with E-state index in [0.29, 0.717) is 12.0 Å². The normalized spacial score (nSPS) is 22.4. The van der Waals surface area contributed by atoms with Crippen molar-refractivity contribution in [3.63, 3.8) is 0 Å². The van der Waals surface area contributed by atoms with Gasteiger partial charge in [-0.1, -0.05) is 13.8 Å². The lowest BCUT2D eigenvalue weighted by Crippen LogP contribution is -2.25. The molecule has 3 unspecified atom stereocenters. The van der Waals surface area contributed by atoms with Crippen LogP contribution >= 0.6 is 15.9 Å². The Balaban J connectivity index is 2.35. The minimum Gasteiger partial charge on any atom is -0.496 e. The van der Waals surface area contributed by atoms with E-state index in [1.54, 1.807) is 14.2 Å². The molecule has 0 spiro atoms. The molecule has 0 saturated heterocycles. The first kappa shape index (κ1) is 15.6. The molecule has 4 heteroatoms. The molecule has 0 bridgehead atoms. The quantitative estimate of drug-likeness (QED) is 0.807. The maximum Gasteiger partial charge on any atom is 0.133 e. The Labute approximate surface area is 130 Å². The average molecular weight is 342 g/mol. The van der Waals surface area contributed by atoms with E-state index < -0.39 is 0 Å². The molecular formula is C16H24BrNO2. The van der Waals surface area contributed by atoms with E-state index in [2.05, 4.69) is 41.2 Å². The number of benzene rings is 1. The van der Waals surface area contributed by atoms with Gasteiger partial charge in [0.1, 0.15) is 11.5 Å². The summed E-state index contributed by atoms with van der Waals surface area (Å²) in [5.41, 5.74) is 1.20. The van der Waals surface area contributed by atoms with Gasteiger partial charge in [0, 0.05) is 11.6 Å². The van der Waals surface area contributed by atoms with Crippen LogP contribution in [0.1, 0.15) is 38.3 Å². The molecular weight excluding hydrogens is 318 g/mol. The molecule has 1 fully saturated rings. The molecule has 20 heavy (non-hydrogen) atoms. The van der Waals surface area contributed by atoms with Crippen molar-refractivity contribution >= 4 is 15.9 Å². The highest BCUT2D eigenvalue weighted by Gasteiger charge is 2.41. The SMILES string of the molecule is CCCNC(c1cc(OC)c(Br)cc1OC)C1CC1C. The largest absolute Gasteiger partial charge is 0.496 e. The Morgan fingerprint density at radius 1 is 1.30 bits per heavy atom. The Morgan fingerprint density at radius 3 is 2.45 bits per heavy atom. The van der Waals surface area contributed by atoms with Gasteiger partial charge in [0.05, 0.1) is 18.7 Å². The minimum absolute atomic E-state index is 0.349. The lowest BCUT2D eigenvalue weighted by atomic mass is 9.99. The molecule has 0 amide bonds. The van der Waals surface area contributed by atoms with E-state index in [1.807, 2.05) is 6.07 Å². The standard InChI is InChI=1S/C16H24BrNO2/c1-5-6-18-16(11-7-10(11)2)12-8-15(20-4)13(17)9-14(12)19-3/h8-11,16,18H,5-7H2,1-4H3. The summed E-state index contributed by atoms with van der Waals surface area (Å²) in [5.74, 6) is 3.26. The summed E-state index contributed by atoms with van der Waals surface area (Å²) in [6.45, 7) is 5.53. The molecule has 3 nitrogen and oxygen atoms in total. The topological polar surface area (TPSA) is 30.5 Å². The first-order chi connectivity index (χ1) is 9.62. The van der Waals surface area contributed by atoms with Gasteiger partial charge in [0.15, 0.2) is 0 Å². The zero-order chi connectivity index (χ0) is 14.7. The van der Waals surface area contributed by atoms with E-state index >= 15 is 0 Å². The van der Waals surface area contributed by atoms with Crippen LogP contribution in [0.2, 0.25) is 0 Å². The zero-order valence-electron chi connectivity index (χ0n) is 12.7. The van der Waals surface area contributed by atoms with E-state index in [-0.39, 0.29) is 0 Å². The van der Waals surface area contributed by atoms with Crippen LogP contribution in [0.5, 0.6) is 11.5 Å². The average Bonchev–Trinajstić information content (AvgIpc) is 3.16. The van der Waals surface area contributed by atoms with Crippen LogP contribution in [-0.2, 0) is 0 Å². The predicted molar refractivity (Wildman–Crippen MR) is 85.6 cm³/mol. The van der Waals surface area contributed by atoms with Crippen molar-refractivity contribution in [1.29, 1.82) is 0 Å². The molecule has 112 valence electrons. The number of hydrogen-bond acceptors (Lipinski definition) is 3. The van der Waals surface area contributed by atoms with Gasteiger partial charge < -0.3 is 14.8 Å². The third kappa shape index (κ3) is 3.29. The summed E-state index contributed by atoms with van der Waals surface area (Å²) in [4.78, 5) is 0. The lowest BCUT2D eigenvalue weighted by molar-refractivity contribution is 0.378. The number of ether oxygens (including phenoxy) is 2. The van der Waals surface area contributed by atoms with Gasteiger partial charge in [-0.05, 0) is 59.3 Å². The van der Waals surface area contributed by atoms with Gasteiger partial charge in [0.25, 0.3) is 0 Å². The molecule has 1 aromatic carbocycles. The number of halogens is 1. The van der Waals surface area contributed by atoms with Crippen molar-refractivity contribution in [2.45, 2.75) is 32.7 Å². The predicted octanol–water partition coefficient (Wildman–Crippen LogP) is 4.16. The van der Waals surface area contributed by atoms with Gasteiger partial charge in [-0.15, -0.1) is 0 Å². The summed E-state index contributed by atoms with van der Waals surface area (Å²) in [5, 5.41) is 3.67. The fraction of sp³-hybridized carbons (Fsp3) is 0.625. The first-order valence-corrected chi connectivity index (χ1v) is 8.06. The molecule has 1 aliphatic carbocycles. The summed E-state index contributed by atoms with van der Waals surface area (Å²) in [7, 11) is 3.43. The highest BCUT2D eigenvalue weighted by molar-refractivity contribution is 9.10. The van der Waals surface area contributed by atoms with Crippen LogP contribution in [0.25, 0.3) is 0 Å². The third-order valence-corrected chi connectivity index (χ3v) is 4.67. The molecule has 1 aliphatic rings. The van der Waals surface area contributed by atoms with Crippen molar-refractivity contribution < 1.29 is 9.47 Å².